The van der Waals surface area contributed by atoms with Gasteiger partial charge in [0.15, 0.2) is 0 Å². The van der Waals surface area contributed by atoms with Crippen molar-refractivity contribution in [1.29, 1.82) is 0 Å². The predicted octanol–water partition coefficient (Wildman–Crippen LogP) is 4.03. The number of carbonyl (C=O) groups excluding carboxylic acids is 1. The zero-order valence-corrected chi connectivity index (χ0v) is 15.2. The third kappa shape index (κ3) is 3.45. The molecule has 26 heavy (non-hydrogen) atoms. The molecule has 0 aliphatic carbocycles. The number of ether oxygens (including phenoxy) is 1. The molecule has 1 heterocycles. The Morgan fingerprint density at radius 1 is 1.15 bits per heavy atom. The van der Waals surface area contributed by atoms with Crippen LogP contribution in [0, 0.1) is 6.92 Å². The van der Waals surface area contributed by atoms with E-state index in [-0.39, 0.29) is 11.5 Å². The first-order valence-electron chi connectivity index (χ1n) is 8.42. The van der Waals surface area contributed by atoms with Gasteiger partial charge in [0.25, 0.3) is 0 Å². The lowest BCUT2D eigenvalue weighted by Gasteiger charge is -2.36. The Labute approximate surface area is 156 Å². The highest BCUT2D eigenvalue weighted by Gasteiger charge is 2.43. The maximum absolute atomic E-state index is 13.2. The van der Waals surface area contributed by atoms with Crippen LogP contribution < -0.4 is 5.32 Å². The first kappa shape index (κ1) is 18.4. The fraction of sp³-hybridized carbons (Fsp3) is 0.300. The smallest absolute Gasteiger partial charge is 0.335 e. The predicted molar refractivity (Wildman–Crippen MR) is 100.0 cm³/mol. The minimum absolute atomic E-state index is 0.156. The van der Waals surface area contributed by atoms with Crippen molar-refractivity contribution in [2.45, 2.75) is 25.2 Å². The monoisotopic (exact) mass is 373 g/mol. The molecule has 2 N–H and O–H groups in total. The Morgan fingerprint density at radius 2 is 1.85 bits per heavy atom. The first-order chi connectivity index (χ1) is 12.4. The molecule has 1 aliphatic heterocycles. The van der Waals surface area contributed by atoms with E-state index in [1.54, 1.807) is 25.1 Å². The van der Waals surface area contributed by atoms with E-state index in [2.05, 4.69) is 5.32 Å². The summed E-state index contributed by atoms with van der Waals surface area (Å²) in [6.07, 6.45) is 1.07. The standard InChI is InChI=1S/C20H20ClNO4/c1-13-12-14(6-7-15(13)18(23)24)22-19(25)20(8-10-26-11-9-20)16-4-2-3-5-17(16)21/h2-7,12H,8-11H2,1H3,(H,22,25)(H,23,24). The lowest BCUT2D eigenvalue weighted by molar-refractivity contribution is -0.125. The average Bonchev–Trinajstić information content (AvgIpc) is 2.62. The number of aryl methyl sites for hydroxylation is 1. The van der Waals surface area contributed by atoms with E-state index >= 15 is 0 Å². The van der Waals surface area contributed by atoms with Gasteiger partial charge in [-0.25, -0.2) is 4.79 Å². The van der Waals surface area contributed by atoms with Crippen LogP contribution in [0.25, 0.3) is 0 Å². The first-order valence-corrected chi connectivity index (χ1v) is 8.80. The number of hydrogen-bond donors (Lipinski definition) is 2. The van der Waals surface area contributed by atoms with E-state index in [1.165, 1.54) is 6.07 Å². The van der Waals surface area contributed by atoms with Crippen LogP contribution in [0.3, 0.4) is 0 Å². The molecule has 5 nitrogen and oxygen atoms in total. The highest BCUT2D eigenvalue weighted by molar-refractivity contribution is 6.31. The Balaban J connectivity index is 1.93. The number of halogens is 1. The van der Waals surface area contributed by atoms with Crippen LogP contribution in [0.2, 0.25) is 5.02 Å². The number of anilines is 1. The number of aromatic carboxylic acids is 1. The fourth-order valence-electron chi connectivity index (χ4n) is 3.42. The summed E-state index contributed by atoms with van der Waals surface area (Å²) in [5, 5.41) is 12.6. The Morgan fingerprint density at radius 3 is 2.46 bits per heavy atom. The van der Waals surface area contributed by atoms with Crippen molar-refractivity contribution in [2.24, 2.45) is 0 Å². The molecule has 0 bridgehead atoms. The molecule has 1 aliphatic rings. The molecule has 1 fully saturated rings. The Kier molecular flexibility index (Phi) is 5.30. The minimum atomic E-state index is -0.989. The van der Waals surface area contributed by atoms with Crippen molar-refractivity contribution in [3.8, 4) is 0 Å². The average molecular weight is 374 g/mol. The van der Waals surface area contributed by atoms with Gasteiger partial charge in [-0.15, -0.1) is 0 Å². The largest absolute Gasteiger partial charge is 0.478 e. The molecule has 0 unspecified atom stereocenters. The molecular formula is C20H20ClNO4. The molecule has 0 spiro atoms. The lowest BCUT2D eigenvalue weighted by Crippen LogP contribution is -2.45. The molecule has 0 radical (unpaired) electrons. The van der Waals surface area contributed by atoms with Gasteiger partial charge in [-0.3, -0.25) is 4.79 Å². The third-order valence-corrected chi connectivity index (χ3v) is 5.21. The van der Waals surface area contributed by atoms with E-state index < -0.39 is 11.4 Å². The van der Waals surface area contributed by atoms with Gasteiger partial charge in [0.2, 0.25) is 5.91 Å². The summed E-state index contributed by atoms with van der Waals surface area (Å²) in [5.74, 6) is -1.14. The van der Waals surface area contributed by atoms with E-state index in [9.17, 15) is 9.59 Å². The zero-order valence-electron chi connectivity index (χ0n) is 14.4. The second kappa shape index (κ2) is 7.48. The van der Waals surface area contributed by atoms with Crippen LogP contribution in [0.15, 0.2) is 42.5 Å². The lowest BCUT2D eigenvalue weighted by atomic mass is 9.73. The molecule has 0 atom stereocenters. The highest BCUT2D eigenvalue weighted by Crippen LogP contribution is 2.39. The molecule has 0 saturated carbocycles. The van der Waals surface area contributed by atoms with Gasteiger partial charge in [0, 0.05) is 23.9 Å². The van der Waals surface area contributed by atoms with Crippen LogP contribution in [-0.2, 0) is 14.9 Å². The SMILES string of the molecule is Cc1cc(NC(=O)C2(c3ccccc3Cl)CCOCC2)ccc1C(=O)O. The quantitative estimate of drug-likeness (QED) is 0.848. The van der Waals surface area contributed by atoms with Gasteiger partial charge in [0.1, 0.15) is 0 Å². The van der Waals surface area contributed by atoms with Crippen molar-refractivity contribution < 1.29 is 19.4 Å². The summed E-state index contributed by atoms with van der Waals surface area (Å²) in [6.45, 7) is 2.67. The molecule has 0 aromatic heterocycles. The van der Waals surface area contributed by atoms with Crippen molar-refractivity contribution in [1.82, 2.24) is 0 Å². The summed E-state index contributed by atoms with van der Waals surface area (Å²) in [7, 11) is 0. The molecule has 1 amide bonds. The third-order valence-electron chi connectivity index (χ3n) is 4.89. The summed E-state index contributed by atoms with van der Waals surface area (Å²) in [4.78, 5) is 24.4. The number of amides is 1. The minimum Gasteiger partial charge on any atom is -0.478 e. The molecule has 6 heteroatoms. The second-order valence-corrected chi connectivity index (χ2v) is 6.87. The summed E-state index contributed by atoms with van der Waals surface area (Å²) < 4.78 is 5.46. The van der Waals surface area contributed by atoms with Crippen molar-refractivity contribution >= 4 is 29.2 Å². The summed E-state index contributed by atoms with van der Waals surface area (Å²) >= 11 is 6.39. The summed E-state index contributed by atoms with van der Waals surface area (Å²) in [6, 6.07) is 12.1. The number of carboxylic acid groups (broad SMARTS) is 1. The summed E-state index contributed by atoms with van der Waals surface area (Å²) in [5.41, 5.74) is 1.40. The van der Waals surface area contributed by atoms with Crippen LogP contribution in [0.5, 0.6) is 0 Å². The van der Waals surface area contributed by atoms with Crippen LogP contribution in [0.1, 0.15) is 34.3 Å². The van der Waals surface area contributed by atoms with Gasteiger partial charge in [-0.1, -0.05) is 29.8 Å². The molecule has 2 aromatic rings. The second-order valence-electron chi connectivity index (χ2n) is 6.46. The molecule has 1 saturated heterocycles. The molecule has 136 valence electrons. The number of nitrogens with one attached hydrogen (secondary N) is 1. The molecular weight excluding hydrogens is 354 g/mol. The van der Waals surface area contributed by atoms with E-state index in [0.717, 1.165) is 5.56 Å². The normalized spacial score (nSPS) is 16.1. The number of rotatable bonds is 4. The van der Waals surface area contributed by atoms with Gasteiger partial charge >= 0.3 is 5.97 Å². The molecule has 2 aromatic carbocycles. The van der Waals surface area contributed by atoms with Crippen molar-refractivity contribution in [2.75, 3.05) is 18.5 Å². The van der Waals surface area contributed by atoms with Gasteiger partial charge in [-0.05, 0) is 55.2 Å². The van der Waals surface area contributed by atoms with Gasteiger partial charge in [-0.2, -0.15) is 0 Å². The number of carbonyl (C=O) groups is 2. The van der Waals surface area contributed by atoms with Gasteiger partial charge < -0.3 is 15.2 Å². The number of hydrogen-bond acceptors (Lipinski definition) is 3. The van der Waals surface area contributed by atoms with E-state index in [1.807, 2.05) is 18.2 Å². The number of benzene rings is 2. The van der Waals surface area contributed by atoms with Crippen molar-refractivity contribution in [3.63, 3.8) is 0 Å². The van der Waals surface area contributed by atoms with Crippen LogP contribution >= 0.6 is 11.6 Å². The topological polar surface area (TPSA) is 75.6 Å². The van der Waals surface area contributed by atoms with E-state index in [4.69, 9.17) is 21.4 Å². The van der Waals surface area contributed by atoms with Crippen molar-refractivity contribution in [3.05, 3.63) is 64.2 Å². The zero-order chi connectivity index (χ0) is 18.7. The molecule has 3 rings (SSSR count). The maximum Gasteiger partial charge on any atom is 0.335 e. The Hall–Kier alpha value is -2.37. The fourth-order valence-corrected chi connectivity index (χ4v) is 3.74. The van der Waals surface area contributed by atoms with E-state index in [0.29, 0.717) is 42.3 Å². The van der Waals surface area contributed by atoms with Gasteiger partial charge in [0.05, 0.1) is 11.0 Å². The van der Waals surface area contributed by atoms with Crippen LogP contribution in [0.4, 0.5) is 5.69 Å². The maximum atomic E-state index is 13.2. The Bertz CT molecular complexity index is 843. The van der Waals surface area contributed by atoms with Crippen LogP contribution in [-0.4, -0.2) is 30.2 Å². The number of carboxylic acids is 1. The highest BCUT2D eigenvalue weighted by atomic mass is 35.5.